The number of hydrogen-bond acceptors (Lipinski definition) is 11. The standard InChI is InChI=1S/C21H35NO11/c1-12(19(32-16(5)26)17(30-14(3)24)11-29-13(2)23)28-10-9-18(31-15(4)25)22-20(27)33-21(6,7)8/h12,17-19H,9-11H2,1-8H3,(H,22,27)/t12?,17-,18?,19+/m1/s1. The molecule has 4 atom stereocenters. The molecule has 1 N–H and O–H groups in total. The van der Waals surface area contributed by atoms with Crippen molar-refractivity contribution in [1.29, 1.82) is 0 Å². The molecular weight excluding hydrogens is 442 g/mol. The van der Waals surface area contributed by atoms with Gasteiger partial charge in [-0.05, 0) is 27.7 Å². The van der Waals surface area contributed by atoms with Crippen molar-refractivity contribution < 1.29 is 52.4 Å². The molecule has 12 nitrogen and oxygen atoms in total. The predicted octanol–water partition coefficient (Wildman–Crippen LogP) is 1.62. The highest BCUT2D eigenvalue weighted by atomic mass is 16.6. The fraction of sp³-hybridized carbons (Fsp3) is 0.762. The summed E-state index contributed by atoms with van der Waals surface area (Å²) in [4.78, 5) is 57.6. The van der Waals surface area contributed by atoms with Gasteiger partial charge in [-0.1, -0.05) is 0 Å². The van der Waals surface area contributed by atoms with Crippen LogP contribution in [0.25, 0.3) is 0 Å². The van der Waals surface area contributed by atoms with Crippen LogP contribution in [0.2, 0.25) is 0 Å². The van der Waals surface area contributed by atoms with Crippen LogP contribution >= 0.6 is 0 Å². The molecule has 0 aliphatic carbocycles. The van der Waals surface area contributed by atoms with Gasteiger partial charge in [0, 0.05) is 34.1 Å². The lowest BCUT2D eigenvalue weighted by Gasteiger charge is -2.30. The quantitative estimate of drug-likeness (QED) is 0.248. The summed E-state index contributed by atoms with van der Waals surface area (Å²) in [6, 6.07) is 0. The number of amides is 1. The van der Waals surface area contributed by atoms with Crippen LogP contribution in [0.1, 0.15) is 61.8 Å². The van der Waals surface area contributed by atoms with E-state index in [0.29, 0.717) is 0 Å². The van der Waals surface area contributed by atoms with Crippen molar-refractivity contribution in [1.82, 2.24) is 5.32 Å². The van der Waals surface area contributed by atoms with E-state index in [0.717, 1.165) is 13.8 Å². The zero-order valence-corrected chi connectivity index (χ0v) is 20.4. The highest BCUT2D eigenvalue weighted by Gasteiger charge is 2.34. The average Bonchev–Trinajstić information content (AvgIpc) is 2.60. The monoisotopic (exact) mass is 477 g/mol. The summed E-state index contributed by atoms with van der Waals surface area (Å²) in [6.45, 7) is 10.9. The number of carbonyl (C=O) groups excluding carboxylic acids is 5. The largest absolute Gasteiger partial charge is 0.462 e. The van der Waals surface area contributed by atoms with Crippen LogP contribution in [0.4, 0.5) is 4.79 Å². The van der Waals surface area contributed by atoms with Crippen LogP contribution in [-0.4, -0.2) is 73.3 Å². The fourth-order valence-corrected chi connectivity index (χ4v) is 2.53. The summed E-state index contributed by atoms with van der Waals surface area (Å²) in [5.74, 6) is -2.58. The van der Waals surface area contributed by atoms with Gasteiger partial charge in [0.05, 0.1) is 12.7 Å². The van der Waals surface area contributed by atoms with E-state index in [1.54, 1.807) is 27.7 Å². The van der Waals surface area contributed by atoms with Crippen LogP contribution in [0.3, 0.4) is 0 Å². The lowest BCUT2D eigenvalue weighted by atomic mass is 10.1. The van der Waals surface area contributed by atoms with E-state index < -0.39 is 60.1 Å². The van der Waals surface area contributed by atoms with Crippen LogP contribution in [0.15, 0.2) is 0 Å². The molecular formula is C21H35NO11. The molecule has 190 valence electrons. The number of esters is 4. The Morgan fingerprint density at radius 2 is 1.36 bits per heavy atom. The molecule has 0 aromatic rings. The van der Waals surface area contributed by atoms with Crippen LogP contribution in [-0.2, 0) is 47.6 Å². The van der Waals surface area contributed by atoms with E-state index in [1.807, 2.05) is 0 Å². The van der Waals surface area contributed by atoms with Crippen molar-refractivity contribution in [3.63, 3.8) is 0 Å². The lowest BCUT2D eigenvalue weighted by Crippen LogP contribution is -2.46. The molecule has 0 aliphatic rings. The first-order valence-corrected chi connectivity index (χ1v) is 10.4. The second-order valence-electron chi connectivity index (χ2n) is 8.13. The zero-order valence-electron chi connectivity index (χ0n) is 20.4. The van der Waals surface area contributed by atoms with E-state index in [9.17, 15) is 24.0 Å². The minimum Gasteiger partial charge on any atom is -0.462 e. The topological polar surface area (TPSA) is 153 Å². The molecule has 0 rings (SSSR count). The van der Waals surface area contributed by atoms with E-state index in [4.69, 9.17) is 28.4 Å². The zero-order chi connectivity index (χ0) is 25.8. The minimum absolute atomic E-state index is 0.0398. The molecule has 0 aliphatic heterocycles. The maximum absolute atomic E-state index is 12.0. The maximum Gasteiger partial charge on any atom is 0.410 e. The summed E-state index contributed by atoms with van der Waals surface area (Å²) in [5.41, 5.74) is -0.749. The third-order valence-corrected chi connectivity index (χ3v) is 3.65. The van der Waals surface area contributed by atoms with Gasteiger partial charge in [-0.2, -0.15) is 0 Å². The minimum atomic E-state index is -1.12. The molecule has 0 radical (unpaired) electrons. The molecule has 0 saturated heterocycles. The molecule has 2 unspecified atom stereocenters. The van der Waals surface area contributed by atoms with Crippen molar-refractivity contribution in [3.8, 4) is 0 Å². The molecule has 0 bridgehead atoms. The van der Waals surface area contributed by atoms with Crippen molar-refractivity contribution in [3.05, 3.63) is 0 Å². The SMILES string of the molecule is CC(=O)OC[C@@H](OC(C)=O)[C@@H](OC(C)=O)C(C)OCCC(NC(=O)OC(C)(C)C)OC(C)=O. The first-order chi connectivity index (χ1) is 15.1. The normalized spacial score (nSPS) is 14.7. The highest BCUT2D eigenvalue weighted by Crippen LogP contribution is 2.15. The summed E-state index contributed by atoms with van der Waals surface area (Å²) in [7, 11) is 0. The maximum atomic E-state index is 12.0. The Hall–Kier alpha value is -2.89. The second-order valence-corrected chi connectivity index (χ2v) is 8.13. The number of carbonyl (C=O) groups is 5. The summed E-state index contributed by atoms with van der Waals surface area (Å²) >= 11 is 0. The third kappa shape index (κ3) is 15.5. The first kappa shape index (κ1) is 30.1. The van der Waals surface area contributed by atoms with Gasteiger partial charge in [0.15, 0.2) is 18.4 Å². The molecule has 0 spiro atoms. The van der Waals surface area contributed by atoms with Crippen molar-refractivity contribution in [2.24, 2.45) is 0 Å². The van der Waals surface area contributed by atoms with Crippen LogP contribution in [0.5, 0.6) is 0 Å². The van der Waals surface area contributed by atoms with Crippen molar-refractivity contribution in [2.45, 2.75) is 92.0 Å². The number of hydrogen-bond donors (Lipinski definition) is 1. The molecule has 33 heavy (non-hydrogen) atoms. The van der Waals surface area contributed by atoms with E-state index >= 15 is 0 Å². The third-order valence-electron chi connectivity index (χ3n) is 3.65. The van der Waals surface area contributed by atoms with Gasteiger partial charge in [0.1, 0.15) is 12.2 Å². The van der Waals surface area contributed by atoms with Gasteiger partial charge in [-0.25, -0.2) is 4.79 Å². The summed E-state index contributed by atoms with van der Waals surface area (Å²) < 4.78 is 31.2. The van der Waals surface area contributed by atoms with E-state index in [1.165, 1.54) is 13.8 Å². The van der Waals surface area contributed by atoms with Crippen LogP contribution < -0.4 is 5.32 Å². The Balaban J connectivity index is 5.19. The van der Waals surface area contributed by atoms with E-state index in [2.05, 4.69) is 5.32 Å². The molecule has 1 amide bonds. The molecule has 0 saturated carbocycles. The molecule has 12 heteroatoms. The van der Waals surface area contributed by atoms with Crippen molar-refractivity contribution in [2.75, 3.05) is 13.2 Å². The highest BCUT2D eigenvalue weighted by molar-refractivity contribution is 5.70. The van der Waals surface area contributed by atoms with Crippen LogP contribution in [0, 0.1) is 0 Å². The Labute approximate surface area is 193 Å². The second kappa shape index (κ2) is 14.3. The van der Waals surface area contributed by atoms with Gasteiger partial charge in [-0.3, -0.25) is 24.5 Å². The number of rotatable bonds is 12. The summed E-state index contributed by atoms with van der Waals surface area (Å²) in [6.07, 6.45) is -4.82. The van der Waals surface area contributed by atoms with Gasteiger partial charge in [0.25, 0.3) is 0 Å². The Morgan fingerprint density at radius 3 is 1.82 bits per heavy atom. The first-order valence-electron chi connectivity index (χ1n) is 10.4. The smallest absolute Gasteiger partial charge is 0.410 e. The summed E-state index contributed by atoms with van der Waals surface area (Å²) in [5, 5.41) is 2.43. The van der Waals surface area contributed by atoms with Gasteiger partial charge < -0.3 is 28.4 Å². The van der Waals surface area contributed by atoms with Gasteiger partial charge >= 0.3 is 30.0 Å². The van der Waals surface area contributed by atoms with Gasteiger partial charge in [-0.15, -0.1) is 0 Å². The fourth-order valence-electron chi connectivity index (χ4n) is 2.53. The Kier molecular flexibility index (Phi) is 13.0. The lowest BCUT2D eigenvalue weighted by molar-refractivity contribution is -0.185. The number of ether oxygens (including phenoxy) is 6. The van der Waals surface area contributed by atoms with E-state index in [-0.39, 0.29) is 19.6 Å². The number of alkyl carbamates (subject to hydrolysis) is 1. The van der Waals surface area contributed by atoms with Gasteiger partial charge in [0.2, 0.25) is 0 Å². The average molecular weight is 478 g/mol. The predicted molar refractivity (Wildman–Crippen MR) is 113 cm³/mol. The molecule has 0 aromatic heterocycles. The molecule has 0 heterocycles. The Morgan fingerprint density at radius 1 is 0.818 bits per heavy atom. The Bertz CT molecular complexity index is 686. The van der Waals surface area contributed by atoms with Crippen molar-refractivity contribution >= 4 is 30.0 Å². The molecule has 0 fully saturated rings. The number of nitrogens with one attached hydrogen (secondary N) is 1. The molecule has 0 aromatic carbocycles.